The molecule has 1 amide bonds. The minimum Gasteiger partial charge on any atom is -0.481 e. The van der Waals surface area contributed by atoms with Gasteiger partial charge in [0.25, 0.3) is 5.91 Å². The first kappa shape index (κ1) is 20.7. The molecule has 1 aliphatic rings. The van der Waals surface area contributed by atoms with E-state index in [9.17, 15) is 4.79 Å². The first-order valence-corrected chi connectivity index (χ1v) is 9.50. The molecule has 1 saturated heterocycles. The summed E-state index contributed by atoms with van der Waals surface area (Å²) in [4.78, 5) is 12.5. The Labute approximate surface area is 157 Å². The van der Waals surface area contributed by atoms with Gasteiger partial charge in [0.05, 0.1) is 6.61 Å². The molecule has 1 aromatic rings. The second kappa shape index (κ2) is 8.87. The fourth-order valence-electron chi connectivity index (χ4n) is 3.35. The van der Waals surface area contributed by atoms with E-state index in [1.54, 1.807) is 14.0 Å². The van der Waals surface area contributed by atoms with E-state index in [0.717, 1.165) is 31.7 Å². The lowest BCUT2D eigenvalue weighted by atomic mass is 9.79. The molecule has 0 bridgehead atoms. The molecule has 1 heterocycles. The van der Waals surface area contributed by atoms with Crippen molar-refractivity contribution in [2.24, 2.45) is 5.41 Å². The van der Waals surface area contributed by atoms with Crippen molar-refractivity contribution in [3.8, 4) is 5.75 Å². The number of carbonyl (C=O) groups excluding carboxylic acids is 1. The molecule has 26 heavy (non-hydrogen) atoms. The second-order valence-corrected chi connectivity index (χ2v) is 8.44. The summed E-state index contributed by atoms with van der Waals surface area (Å²) in [6, 6.07) is 7.98. The molecule has 1 unspecified atom stereocenters. The molecule has 1 aromatic carbocycles. The molecule has 2 rings (SSSR count). The number of nitrogens with one attached hydrogen (secondary N) is 2. The van der Waals surface area contributed by atoms with Crippen LogP contribution in [0.1, 0.15) is 46.1 Å². The van der Waals surface area contributed by atoms with E-state index in [-0.39, 0.29) is 16.7 Å². The van der Waals surface area contributed by atoms with Crippen molar-refractivity contribution in [1.82, 2.24) is 10.6 Å². The number of methoxy groups -OCH3 is 1. The van der Waals surface area contributed by atoms with Crippen molar-refractivity contribution in [2.45, 2.75) is 52.1 Å². The Hall–Kier alpha value is -1.59. The van der Waals surface area contributed by atoms with Crippen LogP contribution in [-0.4, -0.2) is 45.4 Å². The lowest BCUT2D eigenvalue weighted by Crippen LogP contribution is -2.49. The number of ether oxygens (including phenoxy) is 2. The van der Waals surface area contributed by atoms with Crippen molar-refractivity contribution >= 4 is 5.91 Å². The van der Waals surface area contributed by atoms with Crippen LogP contribution >= 0.6 is 0 Å². The van der Waals surface area contributed by atoms with Crippen LogP contribution in [-0.2, 0) is 14.9 Å². The third-order valence-corrected chi connectivity index (χ3v) is 5.13. The molecule has 1 aliphatic heterocycles. The Kier molecular flexibility index (Phi) is 7.07. The van der Waals surface area contributed by atoms with Gasteiger partial charge in [-0.2, -0.15) is 0 Å². The fraction of sp³-hybridized carbons (Fsp3) is 0.667. The van der Waals surface area contributed by atoms with Crippen LogP contribution in [0.15, 0.2) is 24.3 Å². The number of benzene rings is 1. The van der Waals surface area contributed by atoms with Gasteiger partial charge in [-0.05, 0) is 56.0 Å². The summed E-state index contributed by atoms with van der Waals surface area (Å²) in [5.41, 5.74) is 1.25. The van der Waals surface area contributed by atoms with E-state index in [1.807, 2.05) is 18.2 Å². The zero-order chi connectivity index (χ0) is 19.2. The van der Waals surface area contributed by atoms with E-state index >= 15 is 0 Å². The molecular weight excluding hydrogens is 328 g/mol. The van der Waals surface area contributed by atoms with Crippen LogP contribution < -0.4 is 15.4 Å². The van der Waals surface area contributed by atoms with Crippen molar-refractivity contribution in [3.05, 3.63) is 29.8 Å². The molecule has 5 heteroatoms. The van der Waals surface area contributed by atoms with Gasteiger partial charge in [-0.25, -0.2) is 0 Å². The summed E-state index contributed by atoms with van der Waals surface area (Å²) in [7, 11) is 1.72. The number of hydrogen-bond acceptors (Lipinski definition) is 4. The van der Waals surface area contributed by atoms with E-state index in [4.69, 9.17) is 9.47 Å². The summed E-state index contributed by atoms with van der Waals surface area (Å²) < 4.78 is 11.3. The molecule has 2 N–H and O–H groups in total. The molecule has 1 fully saturated rings. The third-order valence-electron chi connectivity index (χ3n) is 5.13. The zero-order valence-electron chi connectivity index (χ0n) is 16.9. The largest absolute Gasteiger partial charge is 0.481 e. The minimum atomic E-state index is -0.536. The Morgan fingerprint density at radius 1 is 1.31 bits per heavy atom. The van der Waals surface area contributed by atoms with Crippen LogP contribution in [0.2, 0.25) is 0 Å². The quantitative estimate of drug-likeness (QED) is 0.783. The first-order chi connectivity index (χ1) is 12.3. The van der Waals surface area contributed by atoms with Crippen LogP contribution in [0.25, 0.3) is 0 Å². The normalized spacial score (nSPS) is 18.2. The van der Waals surface area contributed by atoms with Crippen molar-refractivity contribution in [3.63, 3.8) is 0 Å². The Morgan fingerprint density at radius 2 is 2.00 bits per heavy atom. The molecule has 0 radical (unpaired) electrons. The van der Waals surface area contributed by atoms with Crippen molar-refractivity contribution in [1.29, 1.82) is 0 Å². The molecule has 1 atom stereocenters. The summed E-state index contributed by atoms with van der Waals surface area (Å²) in [5.74, 6) is 0.647. The van der Waals surface area contributed by atoms with Crippen LogP contribution in [0.4, 0.5) is 0 Å². The summed E-state index contributed by atoms with van der Waals surface area (Å²) in [5, 5.41) is 6.44. The Morgan fingerprint density at radius 3 is 2.62 bits per heavy atom. The monoisotopic (exact) mass is 362 g/mol. The number of carbonyl (C=O) groups is 1. The lowest BCUT2D eigenvalue weighted by Gasteiger charge is -2.37. The Bertz CT molecular complexity index is 584. The van der Waals surface area contributed by atoms with Crippen molar-refractivity contribution < 1.29 is 14.3 Å². The maximum absolute atomic E-state index is 12.5. The van der Waals surface area contributed by atoms with Crippen LogP contribution in [0, 0.1) is 5.41 Å². The minimum absolute atomic E-state index is 0.0154. The molecule has 5 nitrogen and oxygen atoms in total. The molecule has 0 aliphatic carbocycles. The first-order valence-electron chi connectivity index (χ1n) is 9.50. The van der Waals surface area contributed by atoms with E-state index in [2.05, 4.69) is 37.5 Å². The Balaban J connectivity index is 1.93. The highest BCUT2D eigenvalue weighted by Crippen LogP contribution is 2.28. The number of piperidine rings is 1. The standard InChI is InChI=1S/C21H34N2O3/c1-16(26-18-8-6-7-17(13-18)20(2,3)4)19(24)23-14-21(15-25-5)9-11-22-12-10-21/h6-8,13,16,22H,9-12,14-15H2,1-5H3,(H,23,24). The smallest absolute Gasteiger partial charge is 0.260 e. The van der Waals surface area contributed by atoms with E-state index in [0.29, 0.717) is 13.2 Å². The van der Waals surface area contributed by atoms with Crippen molar-refractivity contribution in [2.75, 3.05) is 33.4 Å². The number of amides is 1. The highest BCUT2D eigenvalue weighted by Gasteiger charge is 2.33. The molecule has 0 aromatic heterocycles. The summed E-state index contributed by atoms with van der Waals surface area (Å²) in [6.45, 7) is 11.5. The van der Waals surface area contributed by atoms with Gasteiger partial charge in [-0.1, -0.05) is 32.9 Å². The van der Waals surface area contributed by atoms with Crippen LogP contribution in [0.3, 0.4) is 0 Å². The maximum atomic E-state index is 12.5. The molecule has 0 saturated carbocycles. The zero-order valence-corrected chi connectivity index (χ0v) is 16.9. The average molecular weight is 363 g/mol. The third kappa shape index (κ3) is 5.71. The maximum Gasteiger partial charge on any atom is 0.260 e. The number of hydrogen-bond donors (Lipinski definition) is 2. The van der Waals surface area contributed by atoms with Gasteiger partial charge in [-0.3, -0.25) is 4.79 Å². The highest BCUT2D eigenvalue weighted by atomic mass is 16.5. The van der Waals surface area contributed by atoms with Crippen LogP contribution in [0.5, 0.6) is 5.75 Å². The van der Waals surface area contributed by atoms with Gasteiger partial charge in [0.2, 0.25) is 0 Å². The topological polar surface area (TPSA) is 59.6 Å². The second-order valence-electron chi connectivity index (χ2n) is 8.44. The lowest BCUT2D eigenvalue weighted by molar-refractivity contribution is -0.128. The van der Waals surface area contributed by atoms with E-state index < -0.39 is 6.10 Å². The fourth-order valence-corrected chi connectivity index (χ4v) is 3.35. The molecule has 146 valence electrons. The average Bonchev–Trinajstić information content (AvgIpc) is 2.60. The number of rotatable bonds is 7. The summed E-state index contributed by atoms with van der Waals surface area (Å²) >= 11 is 0. The predicted octanol–water partition coefficient (Wildman–Crippen LogP) is 2.88. The highest BCUT2D eigenvalue weighted by molar-refractivity contribution is 5.80. The van der Waals surface area contributed by atoms with Gasteiger partial charge in [0.15, 0.2) is 6.10 Å². The van der Waals surface area contributed by atoms with Gasteiger partial charge in [-0.15, -0.1) is 0 Å². The predicted molar refractivity (Wildman–Crippen MR) is 105 cm³/mol. The molecular formula is C21H34N2O3. The summed E-state index contributed by atoms with van der Waals surface area (Å²) in [6.07, 6.45) is 1.47. The van der Waals surface area contributed by atoms with Gasteiger partial charge in [0, 0.05) is 19.1 Å². The molecule has 0 spiro atoms. The van der Waals surface area contributed by atoms with E-state index in [1.165, 1.54) is 5.56 Å². The SMILES string of the molecule is COCC1(CNC(=O)C(C)Oc2cccc(C(C)(C)C)c2)CCNCC1. The van der Waals surface area contributed by atoms with Gasteiger partial charge < -0.3 is 20.1 Å². The van der Waals surface area contributed by atoms with Gasteiger partial charge in [0.1, 0.15) is 5.75 Å². The van der Waals surface area contributed by atoms with Gasteiger partial charge >= 0.3 is 0 Å².